The monoisotopic (exact) mass is 320 g/mol. The number of nitrogens with one attached hydrogen (secondary N) is 2. The van der Waals surface area contributed by atoms with Gasteiger partial charge in [0.05, 0.1) is 5.69 Å². The summed E-state index contributed by atoms with van der Waals surface area (Å²) in [5.41, 5.74) is 2.41. The van der Waals surface area contributed by atoms with E-state index in [1.54, 1.807) is 11.3 Å². The van der Waals surface area contributed by atoms with Crippen LogP contribution in [0.4, 0.5) is 9.93 Å². The number of thiazole rings is 1. The van der Waals surface area contributed by atoms with Crippen molar-refractivity contribution in [3.05, 3.63) is 22.3 Å². The van der Waals surface area contributed by atoms with Crippen molar-refractivity contribution < 1.29 is 4.79 Å². The second-order valence-electron chi connectivity index (χ2n) is 6.34. The molecule has 22 heavy (non-hydrogen) atoms. The molecule has 2 heterocycles. The lowest BCUT2D eigenvalue weighted by Crippen LogP contribution is -2.25. The lowest BCUT2D eigenvalue weighted by molar-refractivity contribution is 0.255. The predicted octanol–water partition coefficient (Wildman–Crippen LogP) is 3.35. The Kier molecular flexibility index (Phi) is 4.78. The first-order valence-corrected chi connectivity index (χ1v) is 8.85. The minimum absolute atomic E-state index is 0.197. The van der Waals surface area contributed by atoms with Gasteiger partial charge in [-0.1, -0.05) is 18.4 Å². The Morgan fingerprint density at radius 2 is 2.18 bits per heavy atom. The van der Waals surface area contributed by atoms with Crippen LogP contribution in [0.5, 0.6) is 0 Å². The molecular formula is C16H24N4OS. The van der Waals surface area contributed by atoms with E-state index in [1.807, 2.05) is 6.20 Å². The third kappa shape index (κ3) is 3.67. The van der Waals surface area contributed by atoms with E-state index >= 15 is 0 Å². The molecule has 0 unspecified atom stereocenters. The molecule has 3 rings (SSSR count). The van der Waals surface area contributed by atoms with Crippen molar-refractivity contribution in [1.82, 2.24) is 15.2 Å². The summed E-state index contributed by atoms with van der Waals surface area (Å²) in [7, 11) is 2.11. The van der Waals surface area contributed by atoms with Crippen LogP contribution in [-0.4, -0.2) is 29.5 Å². The average Bonchev–Trinajstić information content (AvgIpc) is 3.13. The first-order valence-electron chi connectivity index (χ1n) is 8.03. The summed E-state index contributed by atoms with van der Waals surface area (Å²) < 4.78 is 0. The van der Waals surface area contributed by atoms with Gasteiger partial charge in [-0.2, -0.15) is 0 Å². The van der Waals surface area contributed by atoms with Crippen LogP contribution in [-0.2, 0) is 13.0 Å². The van der Waals surface area contributed by atoms with Crippen molar-refractivity contribution in [2.45, 2.75) is 45.6 Å². The molecule has 1 aliphatic carbocycles. The van der Waals surface area contributed by atoms with Gasteiger partial charge in [-0.05, 0) is 32.7 Å². The van der Waals surface area contributed by atoms with E-state index in [0.717, 1.165) is 25.2 Å². The van der Waals surface area contributed by atoms with Crippen molar-refractivity contribution in [3.63, 3.8) is 0 Å². The summed E-state index contributed by atoms with van der Waals surface area (Å²) in [6, 6.07) is -0.197. The van der Waals surface area contributed by atoms with Gasteiger partial charge in [-0.15, -0.1) is 11.3 Å². The number of fused-ring (bicyclic) bond motifs is 1. The zero-order valence-electron chi connectivity index (χ0n) is 13.3. The van der Waals surface area contributed by atoms with Crippen LogP contribution < -0.4 is 10.6 Å². The molecule has 1 fully saturated rings. The molecule has 0 bridgehead atoms. The average molecular weight is 320 g/mol. The highest BCUT2D eigenvalue weighted by atomic mass is 32.1. The normalized spacial score (nSPS) is 20.0. The molecule has 6 heteroatoms. The number of aromatic nitrogens is 1. The van der Waals surface area contributed by atoms with Crippen molar-refractivity contribution in [2.75, 3.05) is 18.9 Å². The van der Waals surface area contributed by atoms with Crippen LogP contribution in [0.1, 0.15) is 43.2 Å². The van der Waals surface area contributed by atoms with E-state index in [4.69, 9.17) is 0 Å². The molecule has 2 N–H and O–H groups in total. The Hall–Kier alpha value is -1.40. The van der Waals surface area contributed by atoms with Crippen molar-refractivity contribution in [3.8, 4) is 0 Å². The molecule has 120 valence electrons. The van der Waals surface area contributed by atoms with Crippen LogP contribution in [0.2, 0.25) is 0 Å². The highest BCUT2D eigenvalue weighted by molar-refractivity contribution is 7.15. The first-order chi connectivity index (χ1) is 10.6. The van der Waals surface area contributed by atoms with Crippen LogP contribution in [0, 0.1) is 5.92 Å². The number of allylic oxidation sites excluding steroid dienone is 1. The van der Waals surface area contributed by atoms with Gasteiger partial charge in [-0.3, -0.25) is 5.32 Å². The number of nitrogens with zero attached hydrogens (tertiary/aromatic N) is 2. The number of hydrogen-bond donors (Lipinski definition) is 2. The standard InChI is InChI=1S/C16H24N4OS/c1-11(12-5-3-4-6-12)9-17-15(21)19-16-18-13-7-8-20(2)10-14(13)22-16/h9,12H,3-8,10H2,1-2H3,(H2,17,18,19,21)/b11-9+. The molecule has 0 saturated heterocycles. The van der Waals surface area contributed by atoms with Crippen molar-refractivity contribution in [1.29, 1.82) is 0 Å². The van der Waals surface area contributed by atoms with E-state index in [9.17, 15) is 4.79 Å². The van der Waals surface area contributed by atoms with E-state index in [-0.39, 0.29) is 6.03 Å². The molecule has 0 spiro atoms. The topological polar surface area (TPSA) is 57.3 Å². The molecule has 2 aliphatic rings. The number of urea groups is 1. The number of hydrogen-bond acceptors (Lipinski definition) is 4. The van der Waals surface area contributed by atoms with Gasteiger partial charge in [0, 0.05) is 30.6 Å². The number of likely N-dealkylation sites (N-methyl/N-ethyl adjacent to an activating group) is 1. The first kappa shape index (κ1) is 15.5. The fraction of sp³-hybridized carbons (Fsp3) is 0.625. The Labute approximate surface area is 135 Å². The molecule has 1 aliphatic heterocycles. The maximum absolute atomic E-state index is 12.0. The highest BCUT2D eigenvalue weighted by Crippen LogP contribution is 2.30. The molecule has 5 nitrogen and oxygen atoms in total. The molecular weight excluding hydrogens is 296 g/mol. The fourth-order valence-corrected chi connectivity index (χ4v) is 4.27. The summed E-state index contributed by atoms with van der Waals surface area (Å²) >= 11 is 1.58. The predicted molar refractivity (Wildman–Crippen MR) is 90.0 cm³/mol. The zero-order chi connectivity index (χ0) is 15.5. The van der Waals surface area contributed by atoms with Gasteiger partial charge >= 0.3 is 6.03 Å². The number of anilines is 1. The SMILES string of the molecule is C/C(=C\NC(=O)Nc1nc2c(s1)CN(C)CC2)C1CCCC1. The maximum Gasteiger partial charge on any atom is 0.325 e. The summed E-state index contributed by atoms with van der Waals surface area (Å²) in [4.78, 5) is 20.1. The molecule has 1 saturated carbocycles. The lowest BCUT2D eigenvalue weighted by atomic mass is 10.0. The van der Waals surface area contributed by atoms with E-state index in [2.05, 4.69) is 34.5 Å². The number of rotatable bonds is 3. The smallest absolute Gasteiger partial charge is 0.314 e. The molecule has 1 aromatic rings. The molecule has 0 atom stereocenters. The van der Waals surface area contributed by atoms with E-state index < -0.39 is 0 Å². The van der Waals surface area contributed by atoms with Gasteiger partial charge in [-0.25, -0.2) is 9.78 Å². The van der Waals surface area contributed by atoms with Gasteiger partial charge in [0.1, 0.15) is 0 Å². The Balaban J connectivity index is 1.54. The second-order valence-corrected chi connectivity index (χ2v) is 7.43. The number of amides is 2. The Morgan fingerprint density at radius 3 is 2.95 bits per heavy atom. The largest absolute Gasteiger partial charge is 0.325 e. The van der Waals surface area contributed by atoms with Crippen LogP contribution >= 0.6 is 11.3 Å². The van der Waals surface area contributed by atoms with Gasteiger partial charge in [0.2, 0.25) is 0 Å². The zero-order valence-corrected chi connectivity index (χ0v) is 14.1. The number of carbonyl (C=O) groups is 1. The Bertz CT molecular complexity index is 575. The minimum Gasteiger partial charge on any atom is -0.314 e. The van der Waals surface area contributed by atoms with Crippen LogP contribution in [0.15, 0.2) is 11.8 Å². The lowest BCUT2D eigenvalue weighted by Gasteiger charge is -2.20. The van der Waals surface area contributed by atoms with Crippen molar-refractivity contribution in [2.24, 2.45) is 5.92 Å². The van der Waals surface area contributed by atoms with Crippen LogP contribution in [0.25, 0.3) is 0 Å². The molecule has 1 aromatic heterocycles. The molecule has 0 aromatic carbocycles. The van der Waals surface area contributed by atoms with Gasteiger partial charge < -0.3 is 10.2 Å². The number of carbonyl (C=O) groups excluding carboxylic acids is 1. The van der Waals surface area contributed by atoms with Crippen LogP contribution in [0.3, 0.4) is 0 Å². The summed E-state index contributed by atoms with van der Waals surface area (Å²) in [6.45, 7) is 4.07. The fourth-order valence-electron chi connectivity index (χ4n) is 3.19. The molecule has 2 amide bonds. The van der Waals surface area contributed by atoms with E-state index in [1.165, 1.54) is 36.1 Å². The summed E-state index contributed by atoms with van der Waals surface area (Å²) in [5, 5.41) is 6.39. The van der Waals surface area contributed by atoms with Crippen molar-refractivity contribution >= 4 is 22.5 Å². The third-order valence-corrected chi connectivity index (χ3v) is 5.57. The quantitative estimate of drug-likeness (QED) is 0.898. The maximum atomic E-state index is 12.0. The van der Waals surface area contributed by atoms with Gasteiger partial charge in [0.25, 0.3) is 0 Å². The summed E-state index contributed by atoms with van der Waals surface area (Å²) in [5.74, 6) is 0.642. The molecule has 0 radical (unpaired) electrons. The second kappa shape index (κ2) is 6.79. The Morgan fingerprint density at radius 1 is 1.41 bits per heavy atom. The highest BCUT2D eigenvalue weighted by Gasteiger charge is 2.19. The minimum atomic E-state index is -0.197. The van der Waals surface area contributed by atoms with E-state index in [0.29, 0.717) is 11.0 Å². The third-order valence-electron chi connectivity index (χ3n) is 4.57. The summed E-state index contributed by atoms with van der Waals surface area (Å²) in [6.07, 6.45) is 7.93. The van der Waals surface area contributed by atoms with Gasteiger partial charge in [0.15, 0.2) is 5.13 Å².